The Balaban J connectivity index is 1.33. The Labute approximate surface area is 278 Å². The van der Waals surface area contributed by atoms with Gasteiger partial charge < -0.3 is 19.4 Å². The third kappa shape index (κ3) is 10.3. The van der Waals surface area contributed by atoms with Gasteiger partial charge in [0.25, 0.3) is 0 Å². The quantitative estimate of drug-likeness (QED) is 0.196. The van der Waals surface area contributed by atoms with Crippen LogP contribution in [0.2, 0.25) is 18.1 Å². The Kier molecular flexibility index (Phi) is 12.0. The first-order valence-electron chi connectivity index (χ1n) is 15.9. The predicted molar refractivity (Wildman–Crippen MR) is 190 cm³/mol. The molecule has 1 aliphatic heterocycles. The first-order chi connectivity index (χ1) is 21.3. The Morgan fingerprint density at radius 1 is 0.933 bits per heavy atom. The van der Waals surface area contributed by atoms with Crippen molar-refractivity contribution in [3.63, 3.8) is 0 Å². The molecular weight excluding hydrogens is 646 g/mol. The largest absolute Gasteiger partial charge is 0.446 e. The van der Waals surface area contributed by atoms with Gasteiger partial charge in [-0.05, 0) is 102 Å². The second-order valence-corrected chi connectivity index (χ2v) is 19.2. The third-order valence-electron chi connectivity index (χ3n) is 8.93. The van der Waals surface area contributed by atoms with Crippen LogP contribution in [-0.2, 0) is 27.0 Å². The van der Waals surface area contributed by atoms with Crippen molar-refractivity contribution in [3.05, 3.63) is 82.3 Å². The standard InChI is InChI=1S/C36H48BrN3O4Si/c1-36(2,3)45(5,6)43-25-27-16-18-32(31(37)23-27)38-34(41)14-10-11-26-15-17-30(28-12-8-7-9-13-28)33(24-26)39-35(42)44-29-19-21-40(4)22-20-29/h7-9,12-13,15-18,23-24,29H,10-11,14,19-22,25H2,1-6H3,(H,38,41)(H,39,42). The number of nitrogens with zero attached hydrogens (tertiary/aromatic N) is 1. The third-order valence-corrected chi connectivity index (χ3v) is 14.1. The second kappa shape index (κ2) is 15.5. The fourth-order valence-corrected chi connectivity index (χ4v) is 6.49. The van der Waals surface area contributed by atoms with Gasteiger partial charge in [0.15, 0.2) is 8.32 Å². The number of rotatable bonds is 11. The lowest BCUT2D eigenvalue weighted by Gasteiger charge is -2.36. The molecule has 0 saturated carbocycles. The molecule has 45 heavy (non-hydrogen) atoms. The highest BCUT2D eigenvalue weighted by molar-refractivity contribution is 9.10. The molecule has 1 fully saturated rings. The molecule has 0 bridgehead atoms. The number of piperidine rings is 1. The molecule has 1 saturated heterocycles. The molecule has 0 aliphatic carbocycles. The zero-order valence-corrected chi connectivity index (χ0v) is 30.1. The number of ether oxygens (including phenoxy) is 1. The number of hydrogen-bond acceptors (Lipinski definition) is 5. The summed E-state index contributed by atoms with van der Waals surface area (Å²) in [5, 5.41) is 6.20. The number of anilines is 2. The van der Waals surface area contributed by atoms with Crippen molar-refractivity contribution in [2.24, 2.45) is 0 Å². The van der Waals surface area contributed by atoms with Gasteiger partial charge in [-0.15, -0.1) is 0 Å². The molecular formula is C36H48BrN3O4Si. The van der Waals surface area contributed by atoms with Crippen molar-refractivity contribution < 1.29 is 18.8 Å². The summed E-state index contributed by atoms with van der Waals surface area (Å²) in [7, 11) is 0.239. The first kappa shape index (κ1) is 34.9. The Hall–Kier alpha value is -2.98. The zero-order valence-electron chi connectivity index (χ0n) is 27.5. The monoisotopic (exact) mass is 693 g/mol. The Bertz CT molecular complexity index is 1450. The highest BCUT2D eigenvalue weighted by Gasteiger charge is 2.37. The van der Waals surface area contributed by atoms with E-state index in [1.54, 1.807) is 0 Å². The number of hydrogen-bond donors (Lipinski definition) is 2. The predicted octanol–water partition coefficient (Wildman–Crippen LogP) is 9.24. The van der Waals surface area contributed by atoms with Gasteiger partial charge in [-0.25, -0.2) is 4.79 Å². The number of amides is 2. The van der Waals surface area contributed by atoms with E-state index in [0.717, 1.165) is 58.3 Å². The van der Waals surface area contributed by atoms with E-state index >= 15 is 0 Å². The van der Waals surface area contributed by atoms with Crippen LogP contribution in [0.5, 0.6) is 0 Å². The minimum Gasteiger partial charge on any atom is -0.446 e. The molecule has 3 aromatic carbocycles. The second-order valence-electron chi connectivity index (χ2n) is 13.5. The van der Waals surface area contributed by atoms with E-state index in [1.165, 1.54) is 0 Å². The average Bonchev–Trinajstić information content (AvgIpc) is 2.98. The van der Waals surface area contributed by atoms with Gasteiger partial charge in [-0.2, -0.15) is 0 Å². The van der Waals surface area contributed by atoms with Crippen LogP contribution in [0.1, 0.15) is 57.6 Å². The minimum atomic E-state index is -1.85. The number of carbonyl (C=O) groups is 2. The summed E-state index contributed by atoms with van der Waals surface area (Å²) in [5.41, 5.74) is 5.52. The van der Waals surface area contributed by atoms with E-state index in [0.29, 0.717) is 31.6 Å². The first-order valence-corrected chi connectivity index (χ1v) is 19.6. The zero-order chi connectivity index (χ0) is 32.6. The van der Waals surface area contributed by atoms with Gasteiger partial charge in [0, 0.05) is 29.5 Å². The lowest BCUT2D eigenvalue weighted by atomic mass is 9.99. The van der Waals surface area contributed by atoms with Gasteiger partial charge in [-0.1, -0.05) is 69.3 Å². The van der Waals surface area contributed by atoms with Crippen molar-refractivity contribution in [2.75, 3.05) is 30.8 Å². The summed E-state index contributed by atoms with van der Waals surface area (Å²) in [6.07, 6.45) is 2.92. The summed E-state index contributed by atoms with van der Waals surface area (Å²) in [6, 6.07) is 22.0. The lowest BCUT2D eigenvalue weighted by molar-refractivity contribution is -0.116. The van der Waals surface area contributed by atoms with E-state index in [4.69, 9.17) is 9.16 Å². The van der Waals surface area contributed by atoms with Gasteiger partial charge in [0.05, 0.1) is 18.0 Å². The minimum absolute atomic E-state index is 0.0399. The van der Waals surface area contributed by atoms with E-state index in [9.17, 15) is 9.59 Å². The molecule has 3 aromatic rings. The maximum Gasteiger partial charge on any atom is 0.411 e. The molecule has 242 valence electrons. The van der Waals surface area contributed by atoms with Crippen molar-refractivity contribution in [2.45, 2.75) is 83.7 Å². The fraction of sp³-hybridized carbons (Fsp3) is 0.444. The van der Waals surface area contributed by atoms with Crippen LogP contribution in [0.15, 0.2) is 71.2 Å². The van der Waals surface area contributed by atoms with Crippen molar-refractivity contribution in [1.82, 2.24) is 4.90 Å². The van der Waals surface area contributed by atoms with Gasteiger partial charge in [0.1, 0.15) is 6.10 Å². The van der Waals surface area contributed by atoms with Crippen LogP contribution < -0.4 is 10.6 Å². The van der Waals surface area contributed by atoms with Crippen LogP contribution in [0, 0.1) is 0 Å². The van der Waals surface area contributed by atoms with E-state index < -0.39 is 14.4 Å². The molecule has 0 atom stereocenters. The molecule has 0 aromatic heterocycles. The van der Waals surface area contributed by atoms with E-state index in [-0.39, 0.29) is 17.0 Å². The SMILES string of the molecule is CN1CCC(OC(=O)Nc2cc(CCCC(=O)Nc3ccc(CO[Si](C)(C)C(C)(C)C)cc3Br)ccc2-c2ccccc2)CC1. The van der Waals surface area contributed by atoms with Gasteiger partial charge in [0.2, 0.25) is 5.91 Å². The van der Waals surface area contributed by atoms with E-state index in [2.05, 4.69) is 78.4 Å². The summed E-state index contributed by atoms with van der Waals surface area (Å²) >= 11 is 3.62. The van der Waals surface area contributed by atoms with Crippen molar-refractivity contribution in [3.8, 4) is 11.1 Å². The average molecular weight is 695 g/mol. The number of nitrogens with one attached hydrogen (secondary N) is 2. The van der Waals surface area contributed by atoms with Crippen LogP contribution in [-0.4, -0.2) is 51.5 Å². The van der Waals surface area contributed by atoms with Crippen molar-refractivity contribution in [1.29, 1.82) is 0 Å². The smallest absolute Gasteiger partial charge is 0.411 e. The molecule has 7 nitrogen and oxygen atoms in total. The summed E-state index contributed by atoms with van der Waals surface area (Å²) < 4.78 is 13.0. The molecule has 4 rings (SSSR count). The molecule has 9 heteroatoms. The molecule has 0 spiro atoms. The highest BCUT2D eigenvalue weighted by atomic mass is 79.9. The highest BCUT2D eigenvalue weighted by Crippen LogP contribution is 2.37. The normalized spacial score (nSPS) is 14.6. The number of benzene rings is 3. The molecule has 2 amide bonds. The van der Waals surface area contributed by atoms with E-state index in [1.807, 2.05) is 60.7 Å². The number of halogens is 1. The fourth-order valence-electron chi connectivity index (χ4n) is 5.01. The van der Waals surface area contributed by atoms with Crippen LogP contribution >= 0.6 is 15.9 Å². The van der Waals surface area contributed by atoms with Gasteiger partial charge in [-0.3, -0.25) is 10.1 Å². The van der Waals surface area contributed by atoms with Gasteiger partial charge >= 0.3 is 6.09 Å². The van der Waals surface area contributed by atoms with Crippen LogP contribution in [0.4, 0.5) is 16.2 Å². The molecule has 1 aliphatic rings. The Morgan fingerprint density at radius 3 is 2.29 bits per heavy atom. The maximum absolute atomic E-state index is 12.9. The molecule has 0 unspecified atom stereocenters. The summed E-state index contributed by atoms with van der Waals surface area (Å²) in [4.78, 5) is 28.0. The maximum atomic E-state index is 12.9. The molecule has 2 N–H and O–H groups in total. The van der Waals surface area contributed by atoms with Crippen molar-refractivity contribution >= 4 is 47.6 Å². The summed E-state index contributed by atoms with van der Waals surface area (Å²) in [6.45, 7) is 13.6. The molecule has 1 heterocycles. The Morgan fingerprint density at radius 2 is 1.62 bits per heavy atom. The van der Waals surface area contributed by atoms with Crippen LogP contribution in [0.3, 0.4) is 0 Å². The molecule has 0 radical (unpaired) electrons. The summed E-state index contributed by atoms with van der Waals surface area (Å²) in [5.74, 6) is -0.0399. The number of carbonyl (C=O) groups excluding carboxylic acids is 2. The topological polar surface area (TPSA) is 79.9 Å². The number of aryl methyl sites for hydroxylation is 1. The van der Waals surface area contributed by atoms with Crippen LogP contribution in [0.25, 0.3) is 11.1 Å². The number of likely N-dealkylation sites (tertiary alicyclic amines) is 1. The lowest BCUT2D eigenvalue weighted by Crippen LogP contribution is -2.40.